The van der Waals surface area contributed by atoms with Gasteiger partial charge in [-0.2, -0.15) is 0 Å². The van der Waals surface area contributed by atoms with Crippen molar-refractivity contribution in [3.05, 3.63) is 106 Å². The van der Waals surface area contributed by atoms with Crippen molar-refractivity contribution in [1.82, 2.24) is 0 Å². The molecule has 66 heavy (non-hydrogen) atoms. The van der Waals surface area contributed by atoms with Crippen molar-refractivity contribution in [1.29, 1.82) is 0 Å². The van der Waals surface area contributed by atoms with Crippen LogP contribution in [0.15, 0.2) is 66.7 Å². The van der Waals surface area contributed by atoms with Crippen molar-refractivity contribution in [2.45, 2.75) is 36.8 Å². The van der Waals surface area contributed by atoms with Crippen LogP contribution in [0.1, 0.15) is 66.7 Å². The lowest BCUT2D eigenvalue weighted by atomic mass is 9.77. The van der Waals surface area contributed by atoms with Gasteiger partial charge in [-0.3, -0.25) is 0 Å². The maximum atomic E-state index is 14.1. The maximum absolute atomic E-state index is 14.1. The summed E-state index contributed by atoms with van der Waals surface area (Å²) in [5.41, 5.74) is -3.04. The number of carbonyl (C=O) groups is 2. The van der Waals surface area contributed by atoms with Crippen LogP contribution >= 0.6 is 0 Å². The summed E-state index contributed by atoms with van der Waals surface area (Å²) in [4.78, 5) is 27.7. The smallest absolute Gasteiger partial charge is 0.342 e. The molecule has 0 spiro atoms. The van der Waals surface area contributed by atoms with Gasteiger partial charge in [-0.25, -0.2) is 9.59 Å². The quantitative estimate of drug-likeness (QED) is 0.0780. The zero-order valence-corrected chi connectivity index (χ0v) is 33.0. The fourth-order valence-corrected chi connectivity index (χ4v) is 7.89. The molecule has 342 valence electrons. The Balaban J connectivity index is 1.37. The van der Waals surface area contributed by atoms with Gasteiger partial charge in [0, 0.05) is 52.4 Å². The molecular weight excluding hydrogens is 880 g/mol. The highest BCUT2D eigenvalue weighted by Crippen LogP contribution is 2.59. The number of benzene rings is 6. The monoisotopic (exact) mass is 914 g/mol. The van der Waals surface area contributed by atoms with Crippen LogP contribution in [0.2, 0.25) is 0 Å². The van der Waals surface area contributed by atoms with Crippen LogP contribution in [-0.4, -0.2) is 106 Å². The summed E-state index contributed by atoms with van der Waals surface area (Å²) in [6.07, 6.45) is -7.87. The third kappa shape index (κ3) is 7.22. The molecule has 8 rings (SSSR count). The van der Waals surface area contributed by atoms with Crippen LogP contribution in [0, 0.1) is 0 Å². The second-order valence-electron chi connectivity index (χ2n) is 15.1. The lowest BCUT2D eigenvalue weighted by Gasteiger charge is -2.42. The topological polar surface area (TPSA) is 395 Å². The van der Waals surface area contributed by atoms with Crippen LogP contribution < -0.4 is 9.47 Å². The SMILES string of the molecule is O=C(OC1Cc2c(O)cc(O)c(C3c4c(O)cc(O)cc4OC(c4cc(O)c(O)c(O)c4)C3OC(=O)c3ccc(O)c(O)c3O)c2OC1c1cc(O)c(O)c(O)c1)c1cc(O)c(O)c(O)c1. The van der Waals surface area contributed by atoms with Gasteiger partial charge in [0.05, 0.1) is 11.5 Å². The summed E-state index contributed by atoms with van der Waals surface area (Å²) in [6.45, 7) is 0. The second-order valence-corrected chi connectivity index (χ2v) is 15.1. The van der Waals surface area contributed by atoms with Crippen molar-refractivity contribution in [3.8, 4) is 103 Å². The fourth-order valence-electron chi connectivity index (χ4n) is 7.89. The predicted molar refractivity (Wildman–Crippen MR) is 216 cm³/mol. The van der Waals surface area contributed by atoms with Crippen LogP contribution in [0.3, 0.4) is 0 Å². The van der Waals surface area contributed by atoms with Crippen molar-refractivity contribution in [3.63, 3.8) is 0 Å². The molecule has 0 saturated heterocycles. The third-order valence-corrected chi connectivity index (χ3v) is 11.0. The van der Waals surface area contributed by atoms with E-state index in [1.165, 1.54) is 0 Å². The molecule has 22 nitrogen and oxygen atoms in total. The maximum Gasteiger partial charge on any atom is 0.342 e. The van der Waals surface area contributed by atoms with E-state index < -0.39 is 174 Å². The van der Waals surface area contributed by atoms with E-state index in [1.54, 1.807) is 0 Å². The number of esters is 2. The van der Waals surface area contributed by atoms with E-state index in [9.17, 15) is 91.3 Å². The molecule has 2 aliphatic rings. The Kier molecular flexibility index (Phi) is 10.4. The van der Waals surface area contributed by atoms with E-state index in [1.807, 2.05) is 0 Å². The Hall–Kier alpha value is -9.34. The largest absolute Gasteiger partial charge is 0.508 e. The minimum absolute atomic E-state index is 0.255. The van der Waals surface area contributed by atoms with Gasteiger partial charge in [0.25, 0.3) is 0 Å². The third-order valence-electron chi connectivity index (χ3n) is 11.0. The average molecular weight is 915 g/mol. The summed E-state index contributed by atoms with van der Waals surface area (Å²) in [5.74, 6) is -20.3. The van der Waals surface area contributed by atoms with Gasteiger partial charge < -0.3 is 101 Å². The lowest BCUT2D eigenvalue weighted by Crippen LogP contribution is -2.40. The number of hydrogen-bond acceptors (Lipinski definition) is 22. The van der Waals surface area contributed by atoms with Crippen LogP contribution in [-0.2, 0) is 15.9 Å². The van der Waals surface area contributed by atoms with Gasteiger partial charge in [-0.15, -0.1) is 0 Å². The molecular formula is C44H34O22. The number of rotatable bonds is 7. The van der Waals surface area contributed by atoms with Gasteiger partial charge in [0.1, 0.15) is 46.2 Å². The first kappa shape index (κ1) is 43.3. The molecule has 5 atom stereocenters. The number of hydrogen-bond donors (Lipinski definition) is 16. The molecule has 2 heterocycles. The van der Waals surface area contributed by atoms with Crippen molar-refractivity contribution < 1.29 is 110 Å². The summed E-state index contributed by atoms with van der Waals surface area (Å²) in [6, 6.07) is 9.22. The fraction of sp³-hybridized carbons (Fsp3) is 0.136. The number of ether oxygens (including phenoxy) is 4. The molecule has 22 heteroatoms. The van der Waals surface area contributed by atoms with Crippen molar-refractivity contribution >= 4 is 11.9 Å². The Morgan fingerprint density at radius 2 is 1.00 bits per heavy atom. The van der Waals surface area contributed by atoms with E-state index in [4.69, 9.17) is 18.9 Å². The van der Waals surface area contributed by atoms with E-state index in [0.29, 0.717) is 0 Å². The van der Waals surface area contributed by atoms with Crippen LogP contribution in [0.4, 0.5) is 0 Å². The summed E-state index contributed by atoms with van der Waals surface area (Å²) < 4.78 is 24.3. The minimum atomic E-state index is -2.03. The molecule has 0 fully saturated rings. The highest BCUT2D eigenvalue weighted by atomic mass is 16.6. The lowest BCUT2D eigenvalue weighted by molar-refractivity contribution is -0.0304. The first-order valence-corrected chi connectivity index (χ1v) is 19.0. The van der Waals surface area contributed by atoms with E-state index in [0.717, 1.165) is 66.7 Å². The van der Waals surface area contributed by atoms with Crippen LogP contribution in [0.5, 0.6) is 103 Å². The number of fused-ring (bicyclic) bond motifs is 2. The first-order chi connectivity index (χ1) is 31.1. The molecule has 0 bridgehead atoms. The van der Waals surface area contributed by atoms with Crippen LogP contribution in [0.25, 0.3) is 0 Å². The Labute approximate surface area is 367 Å². The highest BCUT2D eigenvalue weighted by molar-refractivity contribution is 5.94. The molecule has 0 aromatic heterocycles. The number of aromatic hydroxyl groups is 16. The normalized spacial score (nSPS) is 18.5. The zero-order chi connectivity index (χ0) is 47.8. The van der Waals surface area contributed by atoms with E-state index >= 15 is 0 Å². The Bertz CT molecular complexity index is 2950. The molecule has 0 saturated carbocycles. The molecule has 0 aliphatic carbocycles. The Morgan fingerprint density at radius 3 is 1.58 bits per heavy atom. The molecule has 0 amide bonds. The van der Waals surface area contributed by atoms with Gasteiger partial charge in [-0.05, 0) is 48.5 Å². The highest BCUT2D eigenvalue weighted by Gasteiger charge is 2.50. The van der Waals surface area contributed by atoms with Gasteiger partial charge in [-0.1, -0.05) is 0 Å². The molecule has 6 aromatic carbocycles. The summed E-state index contributed by atoms with van der Waals surface area (Å²) in [7, 11) is 0. The molecule has 5 unspecified atom stereocenters. The van der Waals surface area contributed by atoms with Gasteiger partial charge in [0.15, 0.2) is 81.6 Å². The Morgan fingerprint density at radius 1 is 0.470 bits per heavy atom. The van der Waals surface area contributed by atoms with E-state index in [-0.39, 0.29) is 16.7 Å². The first-order valence-electron chi connectivity index (χ1n) is 19.0. The summed E-state index contributed by atoms with van der Waals surface area (Å²) >= 11 is 0. The second kappa shape index (κ2) is 15.8. The number of carbonyl (C=O) groups excluding carboxylic acids is 2. The van der Waals surface area contributed by atoms with Crippen molar-refractivity contribution in [2.75, 3.05) is 0 Å². The molecule has 6 aromatic rings. The number of phenolic OH excluding ortho intramolecular Hbond substituents is 16. The minimum Gasteiger partial charge on any atom is -0.508 e. The van der Waals surface area contributed by atoms with Crippen molar-refractivity contribution in [2.24, 2.45) is 0 Å². The number of phenols is 16. The molecule has 0 radical (unpaired) electrons. The zero-order valence-electron chi connectivity index (χ0n) is 33.0. The van der Waals surface area contributed by atoms with Gasteiger partial charge >= 0.3 is 11.9 Å². The van der Waals surface area contributed by atoms with Gasteiger partial charge in [0.2, 0.25) is 5.75 Å². The van der Waals surface area contributed by atoms with E-state index in [2.05, 4.69) is 0 Å². The standard InChI is InChI=1S/C44H34O22/c45-16-9-21(48)31-29(10-16)63-40(14-5-25(52)36(58)26(53)6-14)42(66-44(62)17-1-2-19(46)38(60)34(17)56)33(31)32-22(49)12-20(47)18-11-30(64-43(61)15-7-27(54)37(59)28(55)8-15)39(65-41(18)32)13-3-23(50)35(57)24(51)4-13/h1-10,12,30,33,39-40,42,45-60H,11H2. The average Bonchev–Trinajstić information content (AvgIpc) is 3.25. The molecule has 16 N–H and O–H groups in total. The predicted octanol–water partition coefficient (Wildman–Crippen LogP) is 4.37. The summed E-state index contributed by atoms with van der Waals surface area (Å²) in [5, 5.41) is 169. The molecule has 2 aliphatic heterocycles.